The van der Waals surface area contributed by atoms with Gasteiger partial charge in [-0.25, -0.2) is 0 Å². The van der Waals surface area contributed by atoms with Gasteiger partial charge in [0.2, 0.25) is 0 Å². The van der Waals surface area contributed by atoms with Gasteiger partial charge in [-0.3, -0.25) is 9.59 Å². The fraction of sp³-hybridized carbons (Fsp3) is 0.625. The largest absolute Gasteiger partial charge is 0.462 e. The maximum absolute atomic E-state index is 12.0. The molecule has 1 N–H and O–H groups in total. The quantitative estimate of drug-likeness (QED) is 0.742. The second kappa shape index (κ2) is 4.70. The van der Waals surface area contributed by atoms with Crippen LogP contribution in [-0.2, 0) is 19.1 Å². The minimum absolute atomic E-state index is 0.247. The van der Waals surface area contributed by atoms with Gasteiger partial charge in [-0.15, -0.1) is 0 Å². The molecule has 5 unspecified atom stereocenters. The van der Waals surface area contributed by atoms with Crippen LogP contribution in [0, 0.1) is 11.8 Å². The molecule has 21 heavy (non-hydrogen) atoms. The van der Waals surface area contributed by atoms with Crippen LogP contribution < -0.4 is 0 Å². The number of fused-ring (bicyclic) bond motifs is 3. The lowest BCUT2D eigenvalue weighted by Gasteiger charge is -2.29. The minimum atomic E-state index is -1.08. The molecule has 0 aromatic carbocycles. The van der Waals surface area contributed by atoms with Crippen LogP contribution in [-0.4, -0.2) is 34.9 Å². The molecule has 1 saturated carbocycles. The predicted octanol–water partition coefficient (Wildman–Crippen LogP) is 1.51. The van der Waals surface area contributed by atoms with Crippen LogP contribution in [0.5, 0.6) is 0 Å². The Morgan fingerprint density at radius 1 is 1.48 bits per heavy atom. The van der Waals surface area contributed by atoms with Gasteiger partial charge in [-0.05, 0) is 24.5 Å². The number of rotatable bonds is 1. The normalized spacial score (nSPS) is 41.4. The van der Waals surface area contributed by atoms with Gasteiger partial charge in [0.1, 0.15) is 12.2 Å². The first-order valence-electron chi connectivity index (χ1n) is 7.32. The molecule has 0 aromatic rings. The van der Waals surface area contributed by atoms with E-state index in [0.29, 0.717) is 0 Å². The van der Waals surface area contributed by atoms with E-state index in [0.717, 1.165) is 17.6 Å². The van der Waals surface area contributed by atoms with E-state index in [4.69, 9.17) is 9.47 Å². The van der Waals surface area contributed by atoms with Gasteiger partial charge in [0.15, 0.2) is 0 Å². The first-order chi connectivity index (χ1) is 9.81. The van der Waals surface area contributed by atoms with Gasteiger partial charge in [0, 0.05) is 13.3 Å². The van der Waals surface area contributed by atoms with Crippen molar-refractivity contribution < 1.29 is 24.2 Å². The lowest BCUT2D eigenvalue weighted by atomic mass is 9.84. The molecular formula is C16H20O5. The predicted molar refractivity (Wildman–Crippen MR) is 74.1 cm³/mol. The molecule has 0 radical (unpaired) electrons. The Balaban J connectivity index is 2.05. The molecule has 2 fully saturated rings. The van der Waals surface area contributed by atoms with E-state index in [1.165, 1.54) is 6.92 Å². The maximum Gasteiger partial charge on any atom is 0.309 e. The fourth-order valence-corrected chi connectivity index (χ4v) is 3.82. The van der Waals surface area contributed by atoms with Crippen LogP contribution in [0.3, 0.4) is 0 Å². The molecule has 3 rings (SSSR count). The van der Waals surface area contributed by atoms with E-state index >= 15 is 0 Å². The van der Waals surface area contributed by atoms with Crippen molar-refractivity contribution in [1.82, 2.24) is 0 Å². The fourth-order valence-electron chi connectivity index (χ4n) is 3.82. The zero-order valence-electron chi connectivity index (χ0n) is 12.5. The summed E-state index contributed by atoms with van der Waals surface area (Å²) in [5.74, 6) is -1.27. The van der Waals surface area contributed by atoms with Gasteiger partial charge < -0.3 is 14.6 Å². The van der Waals surface area contributed by atoms with Crippen LogP contribution in [0.2, 0.25) is 0 Å². The topological polar surface area (TPSA) is 72.8 Å². The standard InChI is InChI=1S/C16H20O5/c1-8-13-12(20-9(2)17)7-16(3,19)11-6-4-5-10(11)14(13)21-15(8)18/h5-6,8,12-14,19H,4,7H2,1-3H3. The highest BCUT2D eigenvalue weighted by Crippen LogP contribution is 2.48. The summed E-state index contributed by atoms with van der Waals surface area (Å²) in [6.45, 7) is 4.86. The van der Waals surface area contributed by atoms with Crippen LogP contribution in [0.15, 0.2) is 23.3 Å². The molecule has 5 nitrogen and oxygen atoms in total. The summed E-state index contributed by atoms with van der Waals surface area (Å²) < 4.78 is 10.9. The Hall–Kier alpha value is -1.62. The van der Waals surface area contributed by atoms with Crippen molar-refractivity contribution in [3.8, 4) is 0 Å². The van der Waals surface area contributed by atoms with E-state index in [9.17, 15) is 14.7 Å². The third-order valence-electron chi connectivity index (χ3n) is 4.74. The lowest BCUT2D eigenvalue weighted by Crippen LogP contribution is -2.38. The summed E-state index contributed by atoms with van der Waals surface area (Å²) in [7, 11) is 0. The molecule has 0 bridgehead atoms. The van der Waals surface area contributed by atoms with Gasteiger partial charge in [-0.1, -0.05) is 19.1 Å². The smallest absolute Gasteiger partial charge is 0.309 e. The van der Waals surface area contributed by atoms with Gasteiger partial charge in [0.25, 0.3) is 0 Å². The second-order valence-electron chi connectivity index (χ2n) is 6.36. The summed E-state index contributed by atoms with van der Waals surface area (Å²) in [5, 5.41) is 10.8. The molecule has 1 saturated heterocycles. The Labute approximate surface area is 123 Å². The van der Waals surface area contributed by atoms with Crippen LogP contribution in [0.1, 0.15) is 33.6 Å². The highest BCUT2D eigenvalue weighted by Gasteiger charge is 2.55. The Morgan fingerprint density at radius 2 is 2.19 bits per heavy atom. The molecule has 114 valence electrons. The number of allylic oxidation sites excluding steroid dienone is 2. The van der Waals surface area contributed by atoms with E-state index in [2.05, 4.69) is 0 Å². The molecule has 1 heterocycles. The first-order valence-corrected chi connectivity index (χ1v) is 7.32. The number of esters is 2. The molecule has 0 spiro atoms. The van der Waals surface area contributed by atoms with Crippen LogP contribution in [0.4, 0.5) is 0 Å². The summed E-state index contributed by atoms with van der Waals surface area (Å²) in [4.78, 5) is 23.4. The highest BCUT2D eigenvalue weighted by atomic mass is 16.6. The molecule has 2 aliphatic carbocycles. The van der Waals surface area contributed by atoms with E-state index in [1.807, 2.05) is 12.2 Å². The van der Waals surface area contributed by atoms with Crippen molar-refractivity contribution in [3.63, 3.8) is 0 Å². The second-order valence-corrected chi connectivity index (χ2v) is 6.36. The van der Waals surface area contributed by atoms with Gasteiger partial charge >= 0.3 is 11.9 Å². The van der Waals surface area contributed by atoms with E-state index < -0.39 is 23.8 Å². The van der Waals surface area contributed by atoms with Crippen molar-refractivity contribution in [2.75, 3.05) is 0 Å². The van der Waals surface area contributed by atoms with Crippen molar-refractivity contribution >= 4 is 11.9 Å². The molecule has 0 amide bonds. The summed E-state index contributed by atoms with van der Waals surface area (Å²) in [6, 6.07) is 0. The number of carbonyl (C=O) groups excluding carboxylic acids is 2. The Kier molecular flexibility index (Phi) is 3.20. The highest BCUT2D eigenvalue weighted by molar-refractivity contribution is 5.76. The molecule has 0 aromatic heterocycles. The van der Waals surface area contributed by atoms with Crippen molar-refractivity contribution in [2.45, 2.75) is 51.4 Å². The zero-order valence-corrected chi connectivity index (χ0v) is 12.5. The third kappa shape index (κ3) is 2.20. The molecule has 3 aliphatic rings. The Morgan fingerprint density at radius 3 is 2.86 bits per heavy atom. The SMILES string of the molecule is CC(=O)OC1CC(C)(O)C2=CCC=C2C2OC(=O)C(C)C12. The van der Waals surface area contributed by atoms with E-state index in [-0.39, 0.29) is 24.2 Å². The molecule has 1 aliphatic heterocycles. The molecule has 5 heteroatoms. The monoisotopic (exact) mass is 292 g/mol. The van der Waals surface area contributed by atoms with Crippen LogP contribution >= 0.6 is 0 Å². The minimum Gasteiger partial charge on any atom is -0.462 e. The van der Waals surface area contributed by atoms with Crippen molar-refractivity contribution in [3.05, 3.63) is 23.3 Å². The van der Waals surface area contributed by atoms with Gasteiger partial charge in [-0.2, -0.15) is 0 Å². The average molecular weight is 292 g/mol. The summed E-state index contributed by atoms with van der Waals surface area (Å²) in [6.07, 6.45) is 3.99. The zero-order chi connectivity index (χ0) is 15.4. The van der Waals surface area contributed by atoms with Gasteiger partial charge in [0.05, 0.1) is 17.4 Å². The first kappa shape index (κ1) is 14.3. The molecule has 5 atom stereocenters. The number of hydrogen-bond acceptors (Lipinski definition) is 5. The maximum atomic E-state index is 12.0. The van der Waals surface area contributed by atoms with Crippen molar-refractivity contribution in [1.29, 1.82) is 0 Å². The lowest BCUT2D eigenvalue weighted by molar-refractivity contribution is -0.153. The number of aliphatic hydroxyl groups is 1. The van der Waals surface area contributed by atoms with Crippen LogP contribution in [0.25, 0.3) is 0 Å². The third-order valence-corrected chi connectivity index (χ3v) is 4.74. The van der Waals surface area contributed by atoms with Crippen molar-refractivity contribution in [2.24, 2.45) is 11.8 Å². The Bertz CT molecular complexity index is 557. The average Bonchev–Trinajstić information content (AvgIpc) is 2.92. The molecular weight excluding hydrogens is 272 g/mol. The summed E-state index contributed by atoms with van der Waals surface area (Å²) >= 11 is 0. The summed E-state index contributed by atoms with van der Waals surface area (Å²) in [5.41, 5.74) is 0.588. The number of carbonyl (C=O) groups is 2. The van der Waals surface area contributed by atoms with E-state index in [1.54, 1.807) is 13.8 Å². The number of hydrogen-bond donors (Lipinski definition) is 1. The number of ether oxygens (including phenoxy) is 2.